The van der Waals surface area contributed by atoms with Crippen molar-refractivity contribution < 1.29 is 9.72 Å². The fourth-order valence-corrected chi connectivity index (χ4v) is 3.14. The number of non-ortho nitro benzene ring substituents is 1. The van der Waals surface area contributed by atoms with Crippen molar-refractivity contribution in [3.05, 3.63) is 69.2 Å². The Kier molecular flexibility index (Phi) is 6.57. The Morgan fingerprint density at radius 3 is 2.59 bits per heavy atom. The second kappa shape index (κ2) is 9.30. The number of hydrogen-bond donors (Lipinski definition) is 1. The Labute approximate surface area is 174 Å². The molecule has 1 amide bonds. The maximum atomic E-state index is 12.0. The van der Waals surface area contributed by atoms with Crippen LogP contribution in [-0.2, 0) is 11.8 Å². The average Bonchev–Trinajstić information content (AvgIpc) is 3.08. The van der Waals surface area contributed by atoms with Crippen LogP contribution in [0.5, 0.6) is 0 Å². The molecule has 9 nitrogen and oxygen atoms in total. The van der Waals surface area contributed by atoms with Crippen molar-refractivity contribution in [3.8, 4) is 11.4 Å². The Balaban J connectivity index is 1.53. The minimum Gasteiger partial charge on any atom is -0.305 e. The first-order valence-electron chi connectivity index (χ1n) is 8.28. The van der Waals surface area contributed by atoms with Crippen LogP contribution in [0.1, 0.15) is 5.56 Å². The zero-order chi connectivity index (χ0) is 20.8. The molecule has 0 radical (unpaired) electrons. The predicted molar refractivity (Wildman–Crippen MR) is 111 cm³/mol. The van der Waals surface area contributed by atoms with Crippen LogP contribution in [-0.4, -0.2) is 37.6 Å². The van der Waals surface area contributed by atoms with Crippen LogP contribution in [0.25, 0.3) is 11.4 Å². The van der Waals surface area contributed by atoms with Gasteiger partial charge in [-0.1, -0.05) is 23.4 Å². The number of amides is 1. The van der Waals surface area contributed by atoms with Crippen molar-refractivity contribution >= 4 is 41.2 Å². The molecule has 0 bridgehead atoms. The maximum Gasteiger partial charge on any atom is 0.269 e. The van der Waals surface area contributed by atoms with Crippen LogP contribution < -0.4 is 5.43 Å². The molecule has 0 atom stereocenters. The lowest BCUT2D eigenvalue weighted by molar-refractivity contribution is -0.384. The Bertz CT molecular complexity index is 1050. The molecule has 2 aromatic carbocycles. The van der Waals surface area contributed by atoms with Crippen molar-refractivity contribution in [2.45, 2.75) is 5.16 Å². The maximum absolute atomic E-state index is 12.0. The number of halogens is 1. The lowest BCUT2D eigenvalue weighted by Gasteiger charge is -2.04. The molecule has 0 aliphatic carbocycles. The van der Waals surface area contributed by atoms with Crippen molar-refractivity contribution in [2.24, 2.45) is 12.1 Å². The highest BCUT2D eigenvalue weighted by atomic mass is 35.5. The number of aromatic nitrogens is 3. The zero-order valence-electron chi connectivity index (χ0n) is 15.2. The average molecular weight is 431 g/mol. The summed E-state index contributed by atoms with van der Waals surface area (Å²) in [7, 11) is 1.82. The first-order valence-corrected chi connectivity index (χ1v) is 9.65. The SMILES string of the molecule is Cn1c(SCC(=O)N/N=C\c2ccc([N+](=O)[O-])cc2)nnc1-c1ccc(Cl)cc1. The van der Waals surface area contributed by atoms with E-state index >= 15 is 0 Å². The third kappa shape index (κ3) is 5.39. The van der Waals surface area contributed by atoms with Crippen molar-refractivity contribution in [1.82, 2.24) is 20.2 Å². The number of hydrazone groups is 1. The summed E-state index contributed by atoms with van der Waals surface area (Å²) in [5.74, 6) is 0.453. The number of nitrogens with one attached hydrogen (secondary N) is 1. The Morgan fingerprint density at radius 1 is 1.24 bits per heavy atom. The topological polar surface area (TPSA) is 115 Å². The van der Waals surface area contributed by atoms with E-state index in [1.165, 1.54) is 30.1 Å². The summed E-state index contributed by atoms with van der Waals surface area (Å²) in [6, 6.07) is 13.1. The highest BCUT2D eigenvalue weighted by Crippen LogP contribution is 2.23. The van der Waals surface area contributed by atoms with Crippen molar-refractivity contribution in [2.75, 3.05) is 5.75 Å². The van der Waals surface area contributed by atoms with Gasteiger partial charge in [-0.25, -0.2) is 5.43 Å². The van der Waals surface area contributed by atoms with Crippen LogP contribution in [0.3, 0.4) is 0 Å². The molecule has 0 saturated heterocycles. The summed E-state index contributed by atoms with van der Waals surface area (Å²) in [6.07, 6.45) is 1.41. The Hall–Kier alpha value is -3.24. The quantitative estimate of drug-likeness (QED) is 0.266. The van der Waals surface area contributed by atoms with E-state index in [0.717, 1.165) is 5.56 Å². The number of carbonyl (C=O) groups is 1. The molecule has 3 aromatic rings. The smallest absolute Gasteiger partial charge is 0.269 e. The van der Waals surface area contributed by atoms with Gasteiger partial charge < -0.3 is 4.57 Å². The van der Waals surface area contributed by atoms with E-state index in [4.69, 9.17) is 11.6 Å². The van der Waals surface area contributed by atoms with E-state index in [-0.39, 0.29) is 17.3 Å². The van der Waals surface area contributed by atoms with Gasteiger partial charge in [-0.15, -0.1) is 10.2 Å². The molecule has 0 aliphatic rings. The number of benzene rings is 2. The van der Waals surface area contributed by atoms with Gasteiger partial charge >= 0.3 is 0 Å². The van der Waals surface area contributed by atoms with Gasteiger partial charge in [-0.2, -0.15) is 5.10 Å². The monoisotopic (exact) mass is 430 g/mol. The summed E-state index contributed by atoms with van der Waals surface area (Å²) in [5.41, 5.74) is 3.89. The third-order valence-corrected chi connectivity index (χ3v) is 5.05. The number of nitrogens with zero attached hydrogens (tertiary/aromatic N) is 5. The standard InChI is InChI=1S/C18H15ClN6O3S/c1-24-17(13-4-6-14(19)7-5-13)22-23-18(24)29-11-16(26)21-20-10-12-2-8-15(9-3-12)25(27)28/h2-10H,11H2,1H3,(H,21,26)/b20-10-. The number of carbonyl (C=O) groups excluding carboxylic acids is 1. The van der Waals surface area contributed by atoms with Crippen LogP contribution in [0, 0.1) is 10.1 Å². The molecule has 3 rings (SSSR count). The molecule has 0 fully saturated rings. The van der Waals surface area contributed by atoms with Gasteiger partial charge in [0.05, 0.1) is 16.9 Å². The van der Waals surface area contributed by atoms with E-state index in [1.54, 1.807) is 28.8 Å². The number of thioether (sulfide) groups is 1. The molecule has 0 unspecified atom stereocenters. The molecule has 1 N–H and O–H groups in total. The summed E-state index contributed by atoms with van der Waals surface area (Å²) in [6.45, 7) is 0. The molecule has 1 aromatic heterocycles. The van der Waals surface area contributed by atoms with Gasteiger partial charge in [0.2, 0.25) is 0 Å². The van der Waals surface area contributed by atoms with Gasteiger partial charge in [0.15, 0.2) is 11.0 Å². The first-order chi connectivity index (χ1) is 13.9. The minimum absolute atomic E-state index is 0.00997. The fraction of sp³-hybridized carbons (Fsp3) is 0.111. The summed E-state index contributed by atoms with van der Waals surface area (Å²) < 4.78 is 1.79. The van der Waals surface area contributed by atoms with Crippen molar-refractivity contribution in [1.29, 1.82) is 0 Å². The summed E-state index contributed by atoms with van der Waals surface area (Å²) >= 11 is 7.13. The van der Waals surface area contributed by atoms with Gasteiger partial charge in [-0.05, 0) is 42.0 Å². The molecular weight excluding hydrogens is 416 g/mol. The number of nitro groups is 1. The van der Waals surface area contributed by atoms with Gasteiger partial charge in [0, 0.05) is 29.8 Å². The number of hydrogen-bond acceptors (Lipinski definition) is 7. The Morgan fingerprint density at radius 2 is 1.93 bits per heavy atom. The van der Waals surface area contributed by atoms with E-state index < -0.39 is 4.92 Å². The fourth-order valence-electron chi connectivity index (χ4n) is 2.31. The normalized spacial score (nSPS) is 11.0. The molecule has 148 valence electrons. The van der Waals surface area contributed by atoms with Crippen LogP contribution in [0.2, 0.25) is 5.02 Å². The molecular formula is C18H15ClN6O3S. The molecule has 0 aliphatic heterocycles. The highest BCUT2D eigenvalue weighted by molar-refractivity contribution is 7.99. The van der Waals surface area contributed by atoms with E-state index in [0.29, 0.717) is 21.6 Å². The summed E-state index contributed by atoms with van der Waals surface area (Å²) in [5, 5.41) is 24.0. The largest absolute Gasteiger partial charge is 0.305 e. The molecule has 11 heteroatoms. The van der Waals surface area contributed by atoms with E-state index in [1.807, 2.05) is 19.2 Å². The van der Waals surface area contributed by atoms with E-state index in [2.05, 4.69) is 20.7 Å². The lowest BCUT2D eigenvalue weighted by Crippen LogP contribution is -2.19. The van der Waals surface area contributed by atoms with Crippen LogP contribution >= 0.6 is 23.4 Å². The third-order valence-electron chi connectivity index (χ3n) is 3.78. The minimum atomic E-state index is -0.481. The summed E-state index contributed by atoms with van der Waals surface area (Å²) in [4.78, 5) is 22.1. The van der Waals surface area contributed by atoms with Gasteiger partial charge in [-0.3, -0.25) is 14.9 Å². The molecule has 0 saturated carbocycles. The zero-order valence-corrected chi connectivity index (χ0v) is 16.7. The lowest BCUT2D eigenvalue weighted by atomic mass is 10.2. The van der Waals surface area contributed by atoms with E-state index in [9.17, 15) is 14.9 Å². The predicted octanol–water partition coefficient (Wildman–Crippen LogP) is 3.29. The molecule has 1 heterocycles. The second-order valence-corrected chi connectivity index (χ2v) is 7.18. The highest BCUT2D eigenvalue weighted by Gasteiger charge is 2.12. The molecule has 0 spiro atoms. The second-order valence-electron chi connectivity index (χ2n) is 5.80. The van der Waals surface area contributed by atoms with Crippen molar-refractivity contribution in [3.63, 3.8) is 0 Å². The van der Waals surface area contributed by atoms with Gasteiger partial charge in [0.25, 0.3) is 11.6 Å². The number of nitro benzene ring substituents is 1. The first kappa shape index (κ1) is 20.5. The van der Waals surface area contributed by atoms with Crippen LogP contribution in [0.15, 0.2) is 58.8 Å². The van der Waals surface area contributed by atoms with Gasteiger partial charge in [0.1, 0.15) is 0 Å². The van der Waals surface area contributed by atoms with Crippen LogP contribution in [0.4, 0.5) is 5.69 Å². The molecule has 29 heavy (non-hydrogen) atoms. The number of rotatable bonds is 7.